The van der Waals surface area contributed by atoms with E-state index in [4.69, 9.17) is 0 Å². The smallest absolute Gasteiger partial charge is 0.220 e. The van der Waals surface area contributed by atoms with Crippen LogP contribution in [0.3, 0.4) is 0 Å². The fourth-order valence-corrected chi connectivity index (χ4v) is 1.82. The van der Waals surface area contributed by atoms with Gasteiger partial charge in [0.25, 0.3) is 0 Å². The molecule has 2 heteroatoms. The molecule has 0 aliphatic heterocycles. The molecule has 1 aliphatic rings. The molecule has 0 aromatic carbocycles. The van der Waals surface area contributed by atoms with Gasteiger partial charge in [-0.1, -0.05) is 44.8 Å². The summed E-state index contributed by atoms with van der Waals surface area (Å²) in [6.45, 7) is 3.04. The van der Waals surface area contributed by atoms with Crippen molar-refractivity contribution >= 4 is 5.91 Å². The standard InChI is InChI=1S/C15H23NO/c1-2-3-4-5-8-13-16-15(17)12-11-14-9-6-7-10-14/h6-7,9H,2-5,8,11-13H2,1H3,(H,16,17). The zero-order chi connectivity index (χ0) is 12.3. The molecule has 0 spiro atoms. The van der Waals surface area contributed by atoms with Crippen molar-refractivity contribution in [2.24, 2.45) is 0 Å². The monoisotopic (exact) mass is 233 g/mol. The van der Waals surface area contributed by atoms with Crippen LogP contribution in [0.15, 0.2) is 29.5 Å². The molecule has 0 aromatic rings. The molecule has 0 bridgehead atoms. The minimum atomic E-state index is 0.162. The number of hydrogen-bond donors (Lipinski definition) is 1. The molecule has 94 valence electrons. The second-order valence-corrected chi connectivity index (χ2v) is 4.46. The number of nitrogens with one attached hydrogen (secondary N) is 1. The van der Waals surface area contributed by atoms with Crippen molar-refractivity contribution in [2.45, 2.75) is 51.9 Å². The zero-order valence-electron chi connectivity index (χ0n) is 10.8. The molecule has 0 saturated carbocycles. The first-order chi connectivity index (χ1) is 8.33. The number of rotatable bonds is 9. The van der Waals surface area contributed by atoms with Crippen molar-refractivity contribution in [3.05, 3.63) is 29.5 Å². The molecule has 0 heterocycles. The van der Waals surface area contributed by atoms with Crippen LogP contribution >= 0.6 is 0 Å². The van der Waals surface area contributed by atoms with Gasteiger partial charge in [-0.3, -0.25) is 4.79 Å². The lowest BCUT2D eigenvalue weighted by Gasteiger charge is -2.04. The molecular formula is C15H23NO. The largest absolute Gasteiger partial charge is 0.356 e. The summed E-state index contributed by atoms with van der Waals surface area (Å²) in [6.07, 6.45) is 13.4. The van der Waals surface area contributed by atoms with E-state index in [1.807, 2.05) is 18.2 Å². The maximum atomic E-state index is 11.5. The number of carbonyl (C=O) groups is 1. The number of unbranched alkanes of at least 4 members (excludes halogenated alkanes) is 4. The van der Waals surface area contributed by atoms with E-state index in [2.05, 4.69) is 18.0 Å². The zero-order valence-corrected chi connectivity index (χ0v) is 10.8. The number of allylic oxidation sites excluding steroid dienone is 3. The van der Waals surface area contributed by atoms with Crippen molar-refractivity contribution in [2.75, 3.05) is 6.54 Å². The van der Waals surface area contributed by atoms with Crippen molar-refractivity contribution in [1.29, 1.82) is 0 Å². The van der Waals surface area contributed by atoms with Gasteiger partial charge >= 0.3 is 0 Å². The van der Waals surface area contributed by atoms with Crippen molar-refractivity contribution in [1.82, 2.24) is 5.32 Å². The van der Waals surface area contributed by atoms with Crippen LogP contribution in [0.1, 0.15) is 51.9 Å². The summed E-state index contributed by atoms with van der Waals surface area (Å²) >= 11 is 0. The molecule has 17 heavy (non-hydrogen) atoms. The topological polar surface area (TPSA) is 29.1 Å². The maximum absolute atomic E-state index is 11.5. The van der Waals surface area contributed by atoms with Gasteiger partial charge in [0.2, 0.25) is 5.91 Å². The summed E-state index contributed by atoms with van der Waals surface area (Å²) in [6, 6.07) is 0. The Hall–Kier alpha value is -1.27. The first-order valence-corrected chi connectivity index (χ1v) is 6.72. The third-order valence-corrected chi connectivity index (χ3v) is 2.89. The van der Waals surface area contributed by atoms with E-state index in [-0.39, 0.29) is 5.91 Å². The van der Waals surface area contributed by atoms with Gasteiger partial charge in [0, 0.05) is 13.0 Å². The Labute approximate surface area is 104 Å². The summed E-state index contributed by atoms with van der Waals surface area (Å²) in [5, 5.41) is 2.97. The van der Waals surface area contributed by atoms with Gasteiger partial charge in [-0.15, -0.1) is 5.73 Å². The summed E-state index contributed by atoms with van der Waals surface area (Å²) < 4.78 is 0. The third kappa shape index (κ3) is 6.80. The Kier molecular flexibility index (Phi) is 7.17. The van der Waals surface area contributed by atoms with Gasteiger partial charge in [0.15, 0.2) is 0 Å². The second kappa shape index (κ2) is 8.83. The average molecular weight is 233 g/mol. The highest BCUT2D eigenvalue weighted by Crippen LogP contribution is 2.09. The Morgan fingerprint density at radius 3 is 2.82 bits per heavy atom. The normalized spacial score (nSPS) is 12.9. The molecular weight excluding hydrogens is 210 g/mol. The SMILES string of the molecule is CCCCCCCNC(=O)CCC1=C=CC=C1. The van der Waals surface area contributed by atoms with Crippen LogP contribution in [-0.4, -0.2) is 12.5 Å². The summed E-state index contributed by atoms with van der Waals surface area (Å²) in [4.78, 5) is 11.5. The Balaban J connectivity index is 1.94. The molecule has 2 nitrogen and oxygen atoms in total. The van der Waals surface area contributed by atoms with Gasteiger partial charge in [0.1, 0.15) is 0 Å². The molecule has 1 rings (SSSR count). The van der Waals surface area contributed by atoms with Crippen molar-refractivity contribution in [3.63, 3.8) is 0 Å². The van der Waals surface area contributed by atoms with E-state index in [9.17, 15) is 4.79 Å². The van der Waals surface area contributed by atoms with Crippen LogP contribution in [0.5, 0.6) is 0 Å². The molecule has 1 N–H and O–H groups in total. The first kappa shape index (κ1) is 13.8. The molecule has 0 saturated heterocycles. The van der Waals surface area contributed by atoms with Crippen molar-refractivity contribution in [3.8, 4) is 0 Å². The quantitative estimate of drug-likeness (QED) is 0.479. The van der Waals surface area contributed by atoms with E-state index < -0.39 is 0 Å². The van der Waals surface area contributed by atoms with Gasteiger partial charge in [-0.25, -0.2) is 0 Å². The van der Waals surface area contributed by atoms with Crippen LogP contribution in [0.4, 0.5) is 0 Å². The lowest BCUT2D eigenvalue weighted by atomic mass is 10.1. The first-order valence-electron chi connectivity index (χ1n) is 6.72. The van der Waals surface area contributed by atoms with Crippen LogP contribution in [0.2, 0.25) is 0 Å². The Bertz CT molecular complexity index is 322. The third-order valence-electron chi connectivity index (χ3n) is 2.89. The van der Waals surface area contributed by atoms with E-state index in [1.165, 1.54) is 25.7 Å². The van der Waals surface area contributed by atoms with Gasteiger partial charge < -0.3 is 5.32 Å². The van der Waals surface area contributed by atoms with Crippen LogP contribution in [-0.2, 0) is 4.79 Å². The van der Waals surface area contributed by atoms with E-state index in [1.54, 1.807) is 0 Å². The van der Waals surface area contributed by atoms with Gasteiger partial charge in [0.05, 0.1) is 0 Å². The second-order valence-electron chi connectivity index (χ2n) is 4.46. The molecule has 0 radical (unpaired) electrons. The molecule has 0 unspecified atom stereocenters. The molecule has 1 amide bonds. The van der Waals surface area contributed by atoms with Crippen LogP contribution < -0.4 is 5.32 Å². The Morgan fingerprint density at radius 2 is 2.12 bits per heavy atom. The molecule has 0 atom stereocenters. The van der Waals surface area contributed by atoms with E-state index >= 15 is 0 Å². The summed E-state index contributed by atoms with van der Waals surface area (Å²) in [7, 11) is 0. The highest BCUT2D eigenvalue weighted by Gasteiger charge is 2.02. The fourth-order valence-electron chi connectivity index (χ4n) is 1.82. The van der Waals surface area contributed by atoms with Crippen LogP contribution in [0.25, 0.3) is 0 Å². The minimum Gasteiger partial charge on any atom is -0.356 e. The highest BCUT2D eigenvalue weighted by atomic mass is 16.1. The lowest BCUT2D eigenvalue weighted by Crippen LogP contribution is -2.24. The predicted octanol–water partition coefficient (Wildman–Crippen LogP) is 3.50. The minimum absolute atomic E-state index is 0.162. The molecule has 0 aromatic heterocycles. The molecule has 1 aliphatic carbocycles. The van der Waals surface area contributed by atoms with Gasteiger partial charge in [-0.2, -0.15) is 0 Å². The predicted molar refractivity (Wildman–Crippen MR) is 71.7 cm³/mol. The van der Waals surface area contributed by atoms with E-state index in [0.29, 0.717) is 6.42 Å². The lowest BCUT2D eigenvalue weighted by molar-refractivity contribution is -0.121. The highest BCUT2D eigenvalue weighted by molar-refractivity contribution is 5.76. The number of hydrogen-bond acceptors (Lipinski definition) is 1. The average Bonchev–Trinajstić information content (AvgIpc) is 2.84. The fraction of sp³-hybridized carbons (Fsp3) is 0.600. The summed E-state index contributed by atoms with van der Waals surface area (Å²) in [5.74, 6) is 0.162. The Morgan fingerprint density at radius 1 is 1.29 bits per heavy atom. The maximum Gasteiger partial charge on any atom is 0.220 e. The van der Waals surface area contributed by atoms with Gasteiger partial charge in [-0.05, 0) is 24.5 Å². The van der Waals surface area contributed by atoms with Crippen molar-refractivity contribution < 1.29 is 4.79 Å². The van der Waals surface area contributed by atoms with Crippen LogP contribution in [0, 0.1) is 0 Å². The van der Waals surface area contributed by atoms with E-state index in [0.717, 1.165) is 25.0 Å². The number of carbonyl (C=O) groups excluding carboxylic acids is 1. The summed E-state index contributed by atoms with van der Waals surface area (Å²) in [5.41, 5.74) is 4.23. The number of amides is 1. The molecule has 0 fully saturated rings.